The molecule has 280 valence electrons. The number of halogens is 1. The zero-order valence-corrected chi connectivity index (χ0v) is 33.1. The van der Waals surface area contributed by atoms with Crippen molar-refractivity contribution in [1.29, 1.82) is 0 Å². The Kier molecular flexibility index (Phi) is 11.3. The standard InChI is InChI=1S/C39H56FN5O4S2/c1-38(2,3)27-39(4,5)49-30-8-11-35(33(40)24-30)51(47,48)36-26-41-34-10-9-31(50(7)46)25-32(34)37(36)45-18-14-28(15-19-45)43-16-12-29(13-17-43)44-22-20-42(6)21-23-44/h8-11,24-26,28-29H,12-23,27H2,1-7H3. The lowest BCUT2D eigenvalue weighted by Gasteiger charge is -2.46. The van der Waals surface area contributed by atoms with Crippen molar-refractivity contribution in [2.24, 2.45) is 5.41 Å². The van der Waals surface area contributed by atoms with Crippen molar-refractivity contribution in [2.75, 3.05) is 70.6 Å². The molecule has 0 N–H and O–H groups in total. The van der Waals surface area contributed by atoms with Gasteiger partial charge < -0.3 is 24.0 Å². The number of aromatic nitrogens is 1. The van der Waals surface area contributed by atoms with Gasteiger partial charge in [0.05, 0.1) is 11.2 Å². The van der Waals surface area contributed by atoms with Crippen LogP contribution in [0.4, 0.5) is 10.1 Å². The number of hydrogen-bond acceptors (Lipinski definition) is 9. The van der Waals surface area contributed by atoms with Gasteiger partial charge in [0.25, 0.3) is 0 Å². The molecule has 9 nitrogen and oxygen atoms in total. The van der Waals surface area contributed by atoms with E-state index >= 15 is 4.39 Å². The molecule has 0 saturated carbocycles. The van der Waals surface area contributed by atoms with E-state index in [1.807, 2.05) is 13.8 Å². The Morgan fingerprint density at radius 3 is 2.06 bits per heavy atom. The van der Waals surface area contributed by atoms with Crippen LogP contribution in [0.2, 0.25) is 0 Å². The number of piperidine rings is 2. The maximum absolute atomic E-state index is 15.9. The first-order valence-corrected chi connectivity index (χ1v) is 21.5. The minimum atomic E-state index is -4.35. The molecule has 1 aromatic heterocycles. The summed E-state index contributed by atoms with van der Waals surface area (Å²) in [4.78, 5) is 14.5. The highest BCUT2D eigenvalue weighted by Gasteiger charge is 2.35. The van der Waals surface area contributed by atoms with Gasteiger partial charge in [-0.25, -0.2) is 12.8 Å². The number of fused-ring (bicyclic) bond motifs is 1. The first-order chi connectivity index (χ1) is 24.0. The van der Waals surface area contributed by atoms with Crippen molar-refractivity contribution in [3.63, 3.8) is 0 Å². The van der Waals surface area contributed by atoms with Crippen LogP contribution in [-0.2, 0) is 21.0 Å². The Labute approximate surface area is 307 Å². The molecule has 3 aromatic rings. The molecule has 1 atom stereocenters. The molecule has 3 aliphatic heterocycles. The summed E-state index contributed by atoms with van der Waals surface area (Å²) < 4.78 is 63.5. The average molecular weight is 742 g/mol. The normalized spacial score (nSPS) is 20.6. The Bertz CT molecular complexity index is 1790. The van der Waals surface area contributed by atoms with Gasteiger partial charge in [-0.3, -0.25) is 9.88 Å². The summed E-state index contributed by atoms with van der Waals surface area (Å²) in [5.74, 6) is -0.588. The highest BCUT2D eigenvalue weighted by molar-refractivity contribution is 7.91. The van der Waals surface area contributed by atoms with Crippen LogP contribution < -0.4 is 9.64 Å². The molecule has 0 radical (unpaired) electrons. The van der Waals surface area contributed by atoms with Crippen molar-refractivity contribution in [3.8, 4) is 5.75 Å². The molecule has 0 amide bonds. The molecule has 1 unspecified atom stereocenters. The molecule has 6 rings (SSSR count). The molecule has 0 aliphatic carbocycles. The quantitative estimate of drug-likeness (QED) is 0.237. The molecule has 0 spiro atoms. The van der Waals surface area contributed by atoms with E-state index in [4.69, 9.17) is 4.74 Å². The van der Waals surface area contributed by atoms with Gasteiger partial charge in [-0.15, -0.1) is 0 Å². The summed E-state index contributed by atoms with van der Waals surface area (Å²) >= 11 is -1.28. The zero-order valence-electron chi connectivity index (χ0n) is 31.5. The van der Waals surface area contributed by atoms with Crippen molar-refractivity contribution < 1.29 is 22.1 Å². The summed E-state index contributed by atoms with van der Waals surface area (Å²) in [6.45, 7) is 18.3. The molecule has 2 aromatic carbocycles. The van der Waals surface area contributed by atoms with Gasteiger partial charge in [0.1, 0.15) is 33.2 Å². The molecule has 3 aliphatic rings. The second kappa shape index (κ2) is 15.1. The van der Waals surface area contributed by atoms with Gasteiger partial charge >= 0.3 is 0 Å². The number of pyridine rings is 1. The van der Waals surface area contributed by atoms with Crippen molar-refractivity contribution in [2.45, 2.75) is 99.1 Å². The van der Waals surface area contributed by atoms with Gasteiger partial charge in [0.2, 0.25) is 9.84 Å². The Balaban J connectivity index is 1.25. The third kappa shape index (κ3) is 8.84. The number of nitrogens with zero attached hydrogens (tertiary/aromatic N) is 5. The summed E-state index contributed by atoms with van der Waals surface area (Å²) in [6, 6.07) is 10.4. The van der Waals surface area contributed by atoms with Crippen LogP contribution >= 0.6 is 0 Å². The Hall–Kier alpha value is -2.48. The Morgan fingerprint density at radius 2 is 1.47 bits per heavy atom. The van der Waals surface area contributed by atoms with E-state index in [0.717, 1.165) is 58.5 Å². The van der Waals surface area contributed by atoms with Crippen LogP contribution in [0.25, 0.3) is 10.9 Å². The monoisotopic (exact) mass is 741 g/mol. The van der Waals surface area contributed by atoms with Crippen molar-refractivity contribution in [1.82, 2.24) is 19.7 Å². The smallest absolute Gasteiger partial charge is 0.213 e. The molecule has 12 heteroatoms. The lowest BCUT2D eigenvalue weighted by molar-refractivity contribution is 0.0495. The number of rotatable bonds is 9. The second-order valence-electron chi connectivity index (χ2n) is 16.6. The topological polar surface area (TPSA) is 92.3 Å². The first-order valence-electron chi connectivity index (χ1n) is 18.4. The fourth-order valence-corrected chi connectivity index (χ4v) is 10.6. The molecule has 3 saturated heterocycles. The largest absolute Gasteiger partial charge is 0.612 e. The van der Waals surface area contributed by atoms with Crippen LogP contribution in [-0.4, -0.2) is 116 Å². The van der Waals surface area contributed by atoms with E-state index in [1.165, 1.54) is 37.2 Å². The van der Waals surface area contributed by atoms with Crippen LogP contribution in [0, 0.1) is 11.2 Å². The predicted molar refractivity (Wildman–Crippen MR) is 204 cm³/mol. The van der Waals surface area contributed by atoms with Crippen molar-refractivity contribution in [3.05, 3.63) is 48.4 Å². The van der Waals surface area contributed by atoms with Gasteiger partial charge in [-0.1, -0.05) is 20.8 Å². The van der Waals surface area contributed by atoms with E-state index < -0.39 is 37.3 Å². The molecular weight excluding hydrogens is 686 g/mol. The van der Waals surface area contributed by atoms with Gasteiger partial charge in [0, 0.05) is 75.1 Å². The Morgan fingerprint density at radius 1 is 0.863 bits per heavy atom. The van der Waals surface area contributed by atoms with E-state index in [0.29, 0.717) is 46.7 Å². The lowest BCUT2D eigenvalue weighted by Crippen LogP contribution is -2.54. The minimum absolute atomic E-state index is 0.00898. The third-order valence-corrected chi connectivity index (χ3v) is 13.5. The van der Waals surface area contributed by atoms with Gasteiger partial charge in [-0.2, -0.15) is 0 Å². The van der Waals surface area contributed by atoms with E-state index in [9.17, 15) is 13.0 Å². The lowest BCUT2D eigenvalue weighted by atomic mass is 9.83. The number of likely N-dealkylation sites (tertiary alicyclic amines) is 1. The number of benzene rings is 2. The number of sulfone groups is 1. The number of ether oxygens (including phenoxy) is 1. The average Bonchev–Trinajstić information content (AvgIpc) is 3.06. The number of anilines is 1. The van der Waals surface area contributed by atoms with Crippen LogP contribution in [0.15, 0.2) is 57.3 Å². The molecule has 4 heterocycles. The summed E-state index contributed by atoms with van der Waals surface area (Å²) in [5, 5.41) is 0.611. The maximum atomic E-state index is 15.9. The number of likely N-dealkylation sites (N-methyl/N-ethyl adjacent to an activating group) is 1. The predicted octanol–water partition coefficient (Wildman–Crippen LogP) is 6.22. The fraction of sp³-hybridized carbons (Fsp3) is 0.615. The summed E-state index contributed by atoms with van der Waals surface area (Å²) in [5.41, 5.74) is 0.525. The van der Waals surface area contributed by atoms with Crippen LogP contribution in [0.3, 0.4) is 0 Å². The van der Waals surface area contributed by atoms with E-state index in [2.05, 4.69) is 52.4 Å². The highest BCUT2D eigenvalue weighted by Crippen LogP contribution is 2.40. The van der Waals surface area contributed by atoms with Crippen LogP contribution in [0.1, 0.15) is 66.7 Å². The minimum Gasteiger partial charge on any atom is -0.612 e. The summed E-state index contributed by atoms with van der Waals surface area (Å²) in [7, 11) is -2.15. The number of piperazine rings is 1. The molecule has 0 bridgehead atoms. The third-order valence-electron chi connectivity index (χ3n) is 10.8. The highest BCUT2D eigenvalue weighted by atomic mass is 32.2. The zero-order chi connectivity index (χ0) is 36.7. The summed E-state index contributed by atoms with van der Waals surface area (Å²) in [6.07, 6.45) is 7.85. The maximum Gasteiger partial charge on any atom is 0.213 e. The fourth-order valence-electron chi connectivity index (χ4n) is 8.61. The van der Waals surface area contributed by atoms with Crippen LogP contribution in [0.5, 0.6) is 5.75 Å². The van der Waals surface area contributed by atoms with E-state index in [-0.39, 0.29) is 16.1 Å². The molecule has 3 fully saturated rings. The SMILES string of the molecule is CN1CCN(C2CCN(C3CCN(c4c(S(=O)(=O)c5ccc(OC(C)(C)CC(C)(C)C)cc5F)cnc5ccc([S+](C)[O-])cc45)CC3)CC2)CC1. The van der Waals surface area contributed by atoms with Gasteiger partial charge in [-0.05, 0) is 107 Å². The first kappa shape index (κ1) is 38.3. The molecular formula is C39H56FN5O4S2. The second-order valence-corrected chi connectivity index (χ2v) is 19.9. The number of hydrogen-bond donors (Lipinski definition) is 0. The molecule has 51 heavy (non-hydrogen) atoms. The van der Waals surface area contributed by atoms with Crippen molar-refractivity contribution >= 4 is 37.6 Å². The van der Waals surface area contributed by atoms with E-state index in [1.54, 1.807) is 24.5 Å². The van der Waals surface area contributed by atoms with Gasteiger partial charge in [0.15, 0.2) is 4.90 Å².